The van der Waals surface area contributed by atoms with E-state index in [2.05, 4.69) is 10.2 Å². The standard InChI is InChI=1S/C15H16FN5O2S2/c16-11-4-2-1-3-10(11)13(23)20-5-7-21(8-6-20)14-18-19-15(25-14)24-9-12(17)22/h1-4H,5-9H2,(H2,17,22). The van der Waals surface area contributed by atoms with Crippen molar-refractivity contribution in [1.29, 1.82) is 0 Å². The molecule has 0 spiro atoms. The lowest BCUT2D eigenvalue weighted by molar-refractivity contribution is -0.115. The minimum atomic E-state index is -0.504. The number of benzene rings is 1. The second-order valence-electron chi connectivity index (χ2n) is 5.36. The first-order chi connectivity index (χ1) is 12.0. The van der Waals surface area contributed by atoms with E-state index in [1.54, 1.807) is 17.0 Å². The smallest absolute Gasteiger partial charge is 0.256 e. The molecule has 1 fully saturated rings. The van der Waals surface area contributed by atoms with Crippen molar-refractivity contribution >= 4 is 40.0 Å². The number of piperazine rings is 1. The number of hydrogen-bond acceptors (Lipinski definition) is 7. The van der Waals surface area contributed by atoms with Crippen LogP contribution in [-0.4, -0.2) is 58.8 Å². The van der Waals surface area contributed by atoms with Crippen LogP contribution in [0.4, 0.5) is 9.52 Å². The second kappa shape index (κ2) is 7.79. The Hall–Kier alpha value is -2.20. The monoisotopic (exact) mass is 381 g/mol. The summed E-state index contributed by atoms with van der Waals surface area (Å²) in [5.41, 5.74) is 5.21. The normalized spacial score (nSPS) is 14.6. The zero-order valence-electron chi connectivity index (χ0n) is 13.2. The number of aromatic nitrogens is 2. The number of primary amides is 1. The van der Waals surface area contributed by atoms with E-state index in [1.165, 1.54) is 35.2 Å². The molecule has 2 heterocycles. The van der Waals surface area contributed by atoms with Gasteiger partial charge in [-0.15, -0.1) is 10.2 Å². The number of halogens is 1. The molecule has 132 valence electrons. The van der Waals surface area contributed by atoms with Gasteiger partial charge in [0.15, 0.2) is 4.34 Å². The SMILES string of the molecule is NC(=O)CSc1nnc(N2CCN(C(=O)c3ccccc3F)CC2)s1. The molecule has 1 saturated heterocycles. The fourth-order valence-corrected chi connectivity index (χ4v) is 4.06. The zero-order valence-corrected chi connectivity index (χ0v) is 14.9. The first kappa shape index (κ1) is 17.6. The number of nitrogens with two attached hydrogens (primary N) is 1. The summed E-state index contributed by atoms with van der Waals surface area (Å²) in [5, 5.41) is 8.89. The number of carbonyl (C=O) groups excluding carboxylic acids is 2. The molecule has 25 heavy (non-hydrogen) atoms. The summed E-state index contributed by atoms with van der Waals surface area (Å²) in [6.07, 6.45) is 0. The Kier molecular flexibility index (Phi) is 5.49. The molecule has 2 aromatic rings. The summed E-state index contributed by atoms with van der Waals surface area (Å²) in [4.78, 5) is 26.9. The molecule has 1 aromatic heterocycles. The van der Waals surface area contributed by atoms with E-state index >= 15 is 0 Å². The molecule has 10 heteroatoms. The van der Waals surface area contributed by atoms with E-state index in [0.29, 0.717) is 30.5 Å². The number of carbonyl (C=O) groups is 2. The average molecular weight is 381 g/mol. The summed E-state index contributed by atoms with van der Waals surface area (Å²) in [6, 6.07) is 6.00. The Morgan fingerprint density at radius 1 is 1.20 bits per heavy atom. The van der Waals surface area contributed by atoms with Crippen molar-refractivity contribution in [3.8, 4) is 0 Å². The van der Waals surface area contributed by atoms with E-state index in [1.807, 2.05) is 4.90 Å². The van der Waals surface area contributed by atoms with Gasteiger partial charge in [-0.3, -0.25) is 9.59 Å². The van der Waals surface area contributed by atoms with Crippen molar-refractivity contribution in [2.75, 3.05) is 36.8 Å². The van der Waals surface area contributed by atoms with E-state index < -0.39 is 11.7 Å². The molecule has 1 aromatic carbocycles. The number of nitrogens with zero attached hydrogens (tertiary/aromatic N) is 4. The van der Waals surface area contributed by atoms with Crippen molar-refractivity contribution in [3.63, 3.8) is 0 Å². The lowest BCUT2D eigenvalue weighted by Crippen LogP contribution is -2.49. The van der Waals surface area contributed by atoms with Gasteiger partial charge in [0.25, 0.3) is 5.91 Å². The maximum absolute atomic E-state index is 13.8. The highest BCUT2D eigenvalue weighted by atomic mass is 32.2. The summed E-state index contributed by atoms with van der Waals surface area (Å²) in [5.74, 6) is -1.04. The van der Waals surface area contributed by atoms with E-state index in [9.17, 15) is 14.0 Å². The van der Waals surface area contributed by atoms with Gasteiger partial charge in [0.2, 0.25) is 11.0 Å². The highest BCUT2D eigenvalue weighted by Gasteiger charge is 2.25. The molecule has 0 saturated carbocycles. The maximum Gasteiger partial charge on any atom is 0.256 e. The summed E-state index contributed by atoms with van der Waals surface area (Å²) < 4.78 is 14.4. The van der Waals surface area contributed by atoms with Crippen LogP contribution in [0.2, 0.25) is 0 Å². The molecule has 0 atom stereocenters. The van der Waals surface area contributed by atoms with Gasteiger partial charge in [-0.2, -0.15) is 0 Å². The van der Waals surface area contributed by atoms with Gasteiger partial charge in [-0.05, 0) is 12.1 Å². The van der Waals surface area contributed by atoms with Crippen LogP contribution in [0.1, 0.15) is 10.4 Å². The number of anilines is 1. The molecule has 7 nitrogen and oxygen atoms in total. The number of amides is 2. The summed E-state index contributed by atoms with van der Waals surface area (Å²) in [7, 11) is 0. The Morgan fingerprint density at radius 2 is 1.92 bits per heavy atom. The molecule has 2 amide bonds. The van der Waals surface area contributed by atoms with Crippen molar-refractivity contribution in [2.24, 2.45) is 5.73 Å². The van der Waals surface area contributed by atoms with Crippen LogP contribution >= 0.6 is 23.1 Å². The molecule has 0 bridgehead atoms. The minimum absolute atomic E-state index is 0.0944. The van der Waals surface area contributed by atoms with Crippen LogP contribution < -0.4 is 10.6 Å². The molecular formula is C15H16FN5O2S2. The van der Waals surface area contributed by atoms with Crippen LogP contribution in [0.25, 0.3) is 0 Å². The van der Waals surface area contributed by atoms with Gasteiger partial charge >= 0.3 is 0 Å². The molecule has 0 radical (unpaired) electrons. The molecule has 1 aliphatic rings. The van der Waals surface area contributed by atoms with Gasteiger partial charge in [-0.25, -0.2) is 4.39 Å². The van der Waals surface area contributed by atoms with Crippen LogP contribution in [0, 0.1) is 5.82 Å². The minimum Gasteiger partial charge on any atom is -0.369 e. The lowest BCUT2D eigenvalue weighted by atomic mass is 10.1. The van der Waals surface area contributed by atoms with Gasteiger partial charge < -0.3 is 15.5 Å². The second-order valence-corrected chi connectivity index (χ2v) is 7.54. The third-order valence-corrected chi connectivity index (χ3v) is 5.82. The Labute approximate surface area is 152 Å². The van der Waals surface area contributed by atoms with Gasteiger partial charge in [0.1, 0.15) is 5.82 Å². The zero-order chi connectivity index (χ0) is 17.8. The van der Waals surface area contributed by atoms with Crippen molar-refractivity contribution < 1.29 is 14.0 Å². The van der Waals surface area contributed by atoms with Crippen LogP contribution in [0.3, 0.4) is 0 Å². The average Bonchev–Trinajstić information content (AvgIpc) is 3.09. The Balaban J connectivity index is 1.58. The van der Waals surface area contributed by atoms with Crippen molar-refractivity contribution in [3.05, 3.63) is 35.6 Å². The largest absolute Gasteiger partial charge is 0.369 e. The van der Waals surface area contributed by atoms with Gasteiger partial charge in [0.05, 0.1) is 11.3 Å². The first-order valence-corrected chi connectivity index (χ1v) is 9.38. The molecular weight excluding hydrogens is 365 g/mol. The Bertz CT molecular complexity index is 777. The third-order valence-electron chi connectivity index (χ3n) is 3.68. The number of rotatable bonds is 5. The van der Waals surface area contributed by atoms with Crippen LogP contribution in [-0.2, 0) is 4.79 Å². The third kappa shape index (κ3) is 4.26. The number of thioether (sulfide) groups is 1. The molecule has 0 unspecified atom stereocenters. The number of hydrogen-bond donors (Lipinski definition) is 1. The van der Waals surface area contributed by atoms with Crippen LogP contribution in [0.5, 0.6) is 0 Å². The van der Waals surface area contributed by atoms with E-state index in [0.717, 1.165) is 5.13 Å². The van der Waals surface area contributed by atoms with Crippen LogP contribution in [0.15, 0.2) is 28.6 Å². The first-order valence-electron chi connectivity index (χ1n) is 7.58. The van der Waals surface area contributed by atoms with Crippen molar-refractivity contribution in [2.45, 2.75) is 4.34 Å². The molecule has 2 N–H and O–H groups in total. The predicted molar refractivity (Wildman–Crippen MR) is 94.3 cm³/mol. The van der Waals surface area contributed by atoms with Crippen molar-refractivity contribution in [1.82, 2.24) is 15.1 Å². The fourth-order valence-electron chi connectivity index (χ4n) is 2.43. The maximum atomic E-state index is 13.8. The van der Waals surface area contributed by atoms with Gasteiger partial charge in [-0.1, -0.05) is 35.2 Å². The lowest BCUT2D eigenvalue weighted by Gasteiger charge is -2.34. The quantitative estimate of drug-likeness (QED) is 0.783. The Morgan fingerprint density at radius 3 is 2.60 bits per heavy atom. The molecule has 0 aliphatic carbocycles. The molecule has 1 aliphatic heterocycles. The fraction of sp³-hybridized carbons (Fsp3) is 0.333. The van der Waals surface area contributed by atoms with Gasteiger partial charge in [0, 0.05) is 26.2 Å². The van der Waals surface area contributed by atoms with E-state index in [4.69, 9.17) is 5.73 Å². The highest BCUT2D eigenvalue weighted by Crippen LogP contribution is 2.28. The summed E-state index contributed by atoms with van der Waals surface area (Å²) >= 11 is 2.64. The topological polar surface area (TPSA) is 92.4 Å². The molecule has 3 rings (SSSR count). The predicted octanol–water partition coefficient (Wildman–Crippen LogP) is 1.22. The van der Waals surface area contributed by atoms with E-state index in [-0.39, 0.29) is 17.2 Å². The highest BCUT2D eigenvalue weighted by molar-refractivity contribution is 8.01. The summed E-state index contributed by atoms with van der Waals surface area (Å²) in [6.45, 7) is 2.15.